The fourth-order valence-electron chi connectivity index (χ4n) is 4.61. The molecule has 216 valence electrons. The highest BCUT2D eigenvalue weighted by Gasteiger charge is 2.30. The summed E-state index contributed by atoms with van der Waals surface area (Å²) in [7, 11) is 2.28. The minimum absolute atomic E-state index is 0.0103. The predicted molar refractivity (Wildman–Crippen MR) is 149 cm³/mol. The highest BCUT2D eigenvalue weighted by Crippen LogP contribution is 2.36. The minimum Gasteiger partial charge on any atom is -0.360 e. The molecule has 0 spiro atoms. The highest BCUT2D eigenvalue weighted by atomic mass is 28.3. The molecule has 1 N–H and O–H groups in total. The van der Waals surface area contributed by atoms with Gasteiger partial charge in [-0.15, -0.1) is 5.10 Å². The average molecular weight is 578 g/mol. The number of halogens is 4. The second-order valence-corrected chi connectivity index (χ2v) is 17.2. The van der Waals surface area contributed by atoms with E-state index < -0.39 is 43.5 Å². The number of nitrogens with one attached hydrogen (secondary N) is 1. The van der Waals surface area contributed by atoms with Gasteiger partial charge in [0.2, 0.25) is 5.95 Å². The van der Waals surface area contributed by atoms with Gasteiger partial charge < -0.3 is 15.0 Å². The standard InChI is InChI=1S/C28H35F4N5O2Si/c1-35(2)16-25(19-10-20(29)13-21(30)11-19)33-28(38)37-7-6-18-12-22(24(31)14-26(18)37)23-15-36(34-27(23)32)17-39-8-9-40(3,4)5/h10-15,25H,6-9,16-17H2,1-5H3,(H,33,38). The molecule has 1 aliphatic heterocycles. The highest BCUT2D eigenvalue weighted by molar-refractivity contribution is 6.76. The number of amides is 2. The van der Waals surface area contributed by atoms with Crippen LogP contribution in [0.1, 0.15) is 17.2 Å². The molecular formula is C28H35F4N5O2Si. The molecule has 0 saturated carbocycles. The van der Waals surface area contributed by atoms with Crippen LogP contribution in [0.25, 0.3) is 11.1 Å². The van der Waals surface area contributed by atoms with Crippen LogP contribution in [0.5, 0.6) is 0 Å². The Balaban J connectivity index is 1.51. The first kappa shape index (κ1) is 29.8. The van der Waals surface area contributed by atoms with Crippen LogP contribution in [0.2, 0.25) is 25.7 Å². The maximum absolute atomic E-state index is 15.3. The van der Waals surface area contributed by atoms with E-state index in [9.17, 15) is 18.0 Å². The first-order chi connectivity index (χ1) is 18.8. The lowest BCUT2D eigenvalue weighted by molar-refractivity contribution is 0.0774. The average Bonchev–Trinajstić information content (AvgIpc) is 3.42. The lowest BCUT2D eigenvalue weighted by atomic mass is 10.0. The third-order valence-electron chi connectivity index (χ3n) is 6.67. The first-order valence-corrected chi connectivity index (χ1v) is 16.8. The van der Waals surface area contributed by atoms with E-state index in [-0.39, 0.29) is 36.5 Å². The van der Waals surface area contributed by atoms with E-state index in [4.69, 9.17) is 4.74 Å². The summed E-state index contributed by atoms with van der Waals surface area (Å²) in [5, 5.41) is 6.65. The van der Waals surface area contributed by atoms with Crippen LogP contribution >= 0.6 is 0 Å². The number of hydrogen-bond acceptors (Lipinski definition) is 4. The number of fused-ring (bicyclic) bond motifs is 1. The Bertz CT molecular complexity index is 1360. The molecule has 7 nitrogen and oxygen atoms in total. The van der Waals surface area contributed by atoms with Crippen molar-refractivity contribution in [3.63, 3.8) is 0 Å². The zero-order valence-corrected chi connectivity index (χ0v) is 24.4. The topological polar surface area (TPSA) is 62.6 Å². The molecule has 0 saturated heterocycles. The van der Waals surface area contributed by atoms with Crippen LogP contribution in [0.3, 0.4) is 0 Å². The fraction of sp³-hybridized carbons (Fsp3) is 0.429. The lowest BCUT2D eigenvalue weighted by Gasteiger charge is -2.26. The summed E-state index contributed by atoms with van der Waals surface area (Å²) in [5.74, 6) is -3.01. The quantitative estimate of drug-likeness (QED) is 0.188. The lowest BCUT2D eigenvalue weighted by Crippen LogP contribution is -2.43. The van der Waals surface area contributed by atoms with Gasteiger partial charge in [0, 0.05) is 45.6 Å². The number of likely N-dealkylation sites (N-methyl/N-ethyl adjacent to an activating group) is 1. The van der Waals surface area contributed by atoms with Gasteiger partial charge in [0.15, 0.2) is 0 Å². The van der Waals surface area contributed by atoms with Gasteiger partial charge >= 0.3 is 6.03 Å². The number of aromatic nitrogens is 2. The third kappa shape index (κ3) is 7.29. The van der Waals surface area contributed by atoms with Crippen LogP contribution in [0.15, 0.2) is 36.5 Å². The van der Waals surface area contributed by atoms with Gasteiger partial charge in [0.25, 0.3) is 0 Å². The van der Waals surface area contributed by atoms with Crippen molar-refractivity contribution in [2.45, 2.75) is 44.9 Å². The molecule has 12 heteroatoms. The van der Waals surface area contributed by atoms with Crippen molar-refractivity contribution in [2.24, 2.45) is 0 Å². The third-order valence-corrected chi connectivity index (χ3v) is 8.37. The molecule has 1 atom stereocenters. The van der Waals surface area contributed by atoms with Gasteiger partial charge in [-0.3, -0.25) is 4.90 Å². The molecule has 1 unspecified atom stereocenters. The normalized spacial score (nSPS) is 14.1. The monoisotopic (exact) mass is 577 g/mol. The Morgan fingerprint density at radius 1 is 1.07 bits per heavy atom. The predicted octanol–water partition coefficient (Wildman–Crippen LogP) is 5.79. The largest absolute Gasteiger partial charge is 0.360 e. The molecule has 0 fully saturated rings. The number of nitrogens with zero attached hydrogens (tertiary/aromatic N) is 4. The van der Waals surface area contributed by atoms with Crippen molar-refractivity contribution < 1.29 is 27.1 Å². The number of hydrogen-bond donors (Lipinski definition) is 1. The smallest absolute Gasteiger partial charge is 0.322 e. The summed E-state index contributed by atoms with van der Waals surface area (Å²) in [4.78, 5) is 16.4. The molecule has 2 amide bonds. The Morgan fingerprint density at radius 3 is 2.42 bits per heavy atom. The number of rotatable bonds is 10. The maximum Gasteiger partial charge on any atom is 0.322 e. The van der Waals surface area contributed by atoms with Crippen molar-refractivity contribution in [2.75, 3.05) is 38.7 Å². The molecule has 0 radical (unpaired) electrons. The molecule has 40 heavy (non-hydrogen) atoms. The van der Waals surface area contributed by atoms with E-state index in [0.29, 0.717) is 24.3 Å². The molecule has 1 aliphatic rings. The van der Waals surface area contributed by atoms with Crippen LogP contribution in [-0.4, -0.2) is 62.6 Å². The first-order valence-electron chi connectivity index (χ1n) is 13.1. The van der Waals surface area contributed by atoms with Crippen LogP contribution in [-0.2, 0) is 17.9 Å². The number of benzene rings is 2. The van der Waals surface area contributed by atoms with Gasteiger partial charge in [-0.2, -0.15) is 4.39 Å². The minimum atomic E-state index is -1.27. The Labute approximate surface area is 232 Å². The fourth-order valence-corrected chi connectivity index (χ4v) is 5.37. The Morgan fingerprint density at radius 2 is 1.77 bits per heavy atom. The number of carbonyl (C=O) groups excluding carboxylic acids is 1. The molecule has 3 aromatic rings. The molecule has 0 aliphatic carbocycles. The van der Waals surface area contributed by atoms with Crippen molar-refractivity contribution in [3.8, 4) is 11.1 Å². The molecule has 0 bridgehead atoms. The van der Waals surface area contributed by atoms with E-state index in [1.807, 2.05) is 0 Å². The van der Waals surface area contributed by atoms with E-state index in [2.05, 4.69) is 30.1 Å². The van der Waals surface area contributed by atoms with Crippen LogP contribution in [0.4, 0.5) is 28.0 Å². The molecular weight excluding hydrogens is 542 g/mol. The zero-order valence-electron chi connectivity index (χ0n) is 23.4. The Hall–Kier alpha value is -3.22. The number of ether oxygens (including phenoxy) is 1. The summed E-state index contributed by atoms with van der Waals surface area (Å²) >= 11 is 0. The van der Waals surface area contributed by atoms with Crippen LogP contribution in [0, 0.1) is 23.4 Å². The number of carbonyl (C=O) groups is 1. The summed E-state index contributed by atoms with van der Waals surface area (Å²) in [5.41, 5.74) is 1.36. The summed E-state index contributed by atoms with van der Waals surface area (Å²) in [6, 6.07) is 5.58. The number of anilines is 1. The summed E-state index contributed by atoms with van der Waals surface area (Å²) in [6.07, 6.45) is 1.84. The summed E-state index contributed by atoms with van der Waals surface area (Å²) < 4.78 is 64.7. The molecule has 2 heterocycles. The maximum atomic E-state index is 15.3. The van der Waals surface area contributed by atoms with Gasteiger partial charge in [-0.25, -0.2) is 22.6 Å². The van der Waals surface area contributed by atoms with E-state index in [1.165, 1.54) is 40.0 Å². The number of urea groups is 1. The SMILES string of the molecule is CN(C)CC(NC(=O)N1CCc2cc(-c3cn(COCC[Si](C)(C)C)nc3F)c(F)cc21)c1cc(F)cc(F)c1. The molecule has 1 aromatic heterocycles. The second-order valence-electron chi connectivity index (χ2n) is 11.6. The van der Waals surface area contributed by atoms with Crippen LogP contribution < -0.4 is 10.2 Å². The van der Waals surface area contributed by atoms with E-state index >= 15 is 4.39 Å². The molecule has 2 aromatic carbocycles. The zero-order chi connectivity index (χ0) is 29.2. The molecule has 4 rings (SSSR count). The van der Waals surface area contributed by atoms with Gasteiger partial charge in [-0.1, -0.05) is 19.6 Å². The van der Waals surface area contributed by atoms with Gasteiger partial charge in [0.1, 0.15) is 24.2 Å². The van der Waals surface area contributed by atoms with Gasteiger partial charge in [0.05, 0.1) is 17.3 Å². The van der Waals surface area contributed by atoms with Crippen molar-refractivity contribution in [1.82, 2.24) is 20.0 Å². The second kappa shape index (κ2) is 12.1. The van der Waals surface area contributed by atoms with E-state index in [1.54, 1.807) is 19.0 Å². The van der Waals surface area contributed by atoms with E-state index in [0.717, 1.165) is 12.1 Å². The van der Waals surface area contributed by atoms with Crippen molar-refractivity contribution in [3.05, 3.63) is 71.1 Å². The van der Waals surface area contributed by atoms with Crippen molar-refractivity contribution in [1.29, 1.82) is 0 Å². The van der Waals surface area contributed by atoms with Gasteiger partial charge in [-0.05, 0) is 62.0 Å². The summed E-state index contributed by atoms with van der Waals surface area (Å²) in [6.45, 7) is 7.86. The Kier molecular flexibility index (Phi) is 9.01. The van der Waals surface area contributed by atoms with Crippen molar-refractivity contribution >= 4 is 19.8 Å².